The van der Waals surface area contributed by atoms with E-state index in [2.05, 4.69) is 32.9 Å². The maximum absolute atomic E-state index is 11.7. The van der Waals surface area contributed by atoms with Crippen LogP contribution in [0.1, 0.15) is 25.0 Å². The number of allylic oxidation sites excluding steroid dienone is 2. The van der Waals surface area contributed by atoms with Gasteiger partial charge < -0.3 is 5.32 Å². The topological polar surface area (TPSA) is 70.7 Å². The van der Waals surface area contributed by atoms with Gasteiger partial charge in [-0.05, 0) is 19.3 Å². The number of hydrogen-bond donors (Lipinski definition) is 2. The average molecular weight is 206 g/mol. The van der Waals surface area contributed by atoms with Crippen LogP contribution in [0.5, 0.6) is 0 Å². The van der Waals surface area contributed by atoms with Gasteiger partial charge in [-0.3, -0.25) is 4.79 Å². The third kappa shape index (κ3) is 2.65. The number of carbonyl (C=O) groups excluding carboxylic acids is 1. The Bertz CT molecular complexity index is 344. The van der Waals surface area contributed by atoms with Crippen molar-refractivity contribution in [1.29, 1.82) is 0 Å². The Balaban J connectivity index is 1.79. The van der Waals surface area contributed by atoms with E-state index in [9.17, 15) is 4.79 Å². The summed E-state index contributed by atoms with van der Waals surface area (Å²) in [5.41, 5.74) is 0.759. The average Bonchev–Trinajstić information content (AvgIpc) is 2.80. The molecule has 1 aromatic heterocycles. The standard InChI is InChI=1S/C10H14N4O/c15-10(8-4-2-1-3-5-8)11-6-9-7-12-14-13-9/h1-2,7-8H,3-6H2,(H,11,15)(H,12,13,14)/t8-/m0/s1. The molecule has 0 fully saturated rings. The van der Waals surface area contributed by atoms with Crippen LogP contribution < -0.4 is 5.32 Å². The van der Waals surface area contributed by atoms with Crippen molar-refractivity contribution < 1.29 is 4.79 Å². The summed E-state index contributed by atoms with van der Waals surface area (Å²) in [6, 6.07) is 0. The van der Waals surface area contributed by atoms with Gasteiger partial charge in [-0.2, -0.15) is 15.4 Å². The predicted molar refractivity (Wildman–Crippen MR) is 54.7 cm³/mol. The van der Waals surface area contributed by atoms with Crippen LogP contribution in [0, 0.1) is 5.92 Å². The summed E-state index contributed by atoms with van der Waals surface area (Å²) >= 11 is 0. The smallest absolute Gasteiger partial charge is 0.223 e. The third-order valence-corrected chi connectivity index (χ3v) is 2.55. The quantitative estimate of drug-likeness (QED) is 0.718. The van der Waals surface area contributed by atoms with Gasteiger partial charge in [0.1, 0.15) is 5.69 Å². The molecule has 5 nitrogen and oxygen atoms in total. The molecule has 0 aromatic carbocycles. The minimum Gasteiger partial charge on any atom is -0.350 e. The number of H-pyrrole nitrogens is 1. The number of nitrogens with zero attached hydrogens (tertiary/aromatic N) is 2. The molecule has 0 saturated heterocycles. The van der Waals surface area contributed by atoms with Gasteiger partial charge in [-0.25, -0.2) is 0 Å². The van der Waals surface area contributed by atoms with E-state index >= 15 is 0 Å². The Labute approximate surface area is 88.0 Å². The minimum atomic E-state index is 0.113. The molecule has 0 saturated carbocycles. The summed E-state index contributed by atoms with van der Waals surface area (Å²) in [7, 11) is 0. The zero-order valence-electron chi connectivity index (χ0n) is 8.44. The molecule has 15 heavy (non-hydrogen) atoms. The highest BCUT2D eigenvalue weighted by molar-refractivity contribution is 5.78. The summed E-state index contributed by atoms with van der Waals surface area (Å²) in [6.45, 7) is 0.454. The van der Waals surface area contributed by atoms with Crippen LogP contribution in [0.15, 0.2) is 18.3 Å². The maximum Gasteiger partial charge on any atom is 0.223 e. The Kier molecular flexibility index (Phi) is 3.11. The van der Waals surface area contributed by atoms with Crippen LogP contribution >= 0.6 is 0 Å². The number of rotatable bonds is 3. The first-order chi connectivity index (χ1) is 7.36. The molecule has 0 aliphatic heterocycles. The minimum absolute atomic E-state index is 0.113. The van der Waals surface area contributed by atoms with E-state index in [1.54, 1.807) is 6.20 Å². The predicted octanol–water partition coefficient (Wildman–Crippen LogP) is 0.777. The lowest BCUT2D eigenvalue weighted by molar-refractivity contribution is -0.125. The fourth-order valence-electron chi connectivity index (χ4n) is 1.66. The number of aromatic nitrogens is 3. The molecule has 5 heteroatoms. The van der Waals surface area contributed by atoms with E-state index in [0.29, 0.717) is 6.54 Å². The van der Waals surface area contributed by atoms with Crippen LogP contribution in [0.3, 0.4) is 0 Å². The van der Waals surface area contributed by atoms with Crippen LogP contribution in [0.25, 0.3) is 0 Å². The summed E-state index contributed by atoms with van der Waals surface area (Å²) in [6.07, 6.45) is 8.61. The van der Waals surface area contributed by atoms with Crippen molar-refractivity contribution in [1.82, 2.24) is 20.7 Å². The molecule has 1 aromatic rings. The van der Waals surface area contributed by atoms with Gasteiger partial charge in [0.15, 0.2) is 0 Å². The van der Waals surface area contributed by atoms with Crippen LogP contribution in [0.2, 0.25) is 0 Å². The van der Waals surface area contributed by atoms with Gasteiger partial charge in [-0.1, -0.05) is 12.2 Å². The zero-order chi connectivity index (χ0) is 10.5. The van der Waals surface area contributed by atoms with E-state index in [1.807, 2.05) is 0 Å². The second-order valence-corrected chi connectivity index (χ2v) is 3.66. The highest BCUT2D eigenvalue weighted by Gasteiger charge is 2.18. The fourth-order valence-corrected chi connectivity index (χ4v) is 1.66. The molecule has 0 spiro atoms. The highest BCUT2D eigenvalue weighted by Crippen LogP contribution is 2.17. The fraction of sp³-hybridized carbons (Fsp3) is 0.500. The Morgan fingerprint density at radius 2 is 2.53 bits per heavy atom. The van der Waals surface area contributed by atoms with Gasteiger partial charge in [0, 0.05) is 5.92 Å². The third-order valence-electron chi connectivity index (χ3n) is 2.55. The number of hydrogen-bond acceptors (Lipinski definition) is 3. The van der Waals surface area contributed by atoms with Crippen molar-refractivity contribution in [2.75, 3.05) is 0 Å². The Hall–Kier alpha value is -1.65. The highest BCUT2D eigenvalue weighted by atomic mass is 16.1. The first-order valence-electron chi connectivity index (χ1n) is 5.13. The van der Waals surface area contributed by atoms with Crippen LogP contribution in [-0.2, 0) is 11.3 Å². The summed E-state index contributed by atoms with van der Waals surface area (Å²) in [4.78, 5) is 11.7. The van der Waals surface area contributed by atoms with E-state index in [0.717, 1.165) is 25.0 Å². The molecular formula is C10H14N4O. The molecule has 0 radical (unpaired) electrons. The first kappa shape index (κ1) is 9.89. The summed E-state index contributed by atoms with van der Waals surface area (Å²) in [5, 5.41) is 12.9. The van der Waals surface area contributed by atoms with Gasteiger partial charge in [0.2, 0.25) is 5.91 Å². The molecular weight excluding hydrogens is 192 g/mol. The van der Waals surface area contributed by atoms with Crippen LogP contribution in [-0.4, -0.2) is 21.3 Å². The monoisotopic (exact) mass is 206 g/mol. The first-order valence-corrected chi connectivity index (χ1v) is 5.13. The van der Waals surface area contributed by atoms with Crippen molar-refractivity contribution in [2.45, 2.75) is 25.8 Å². The number of nitrogens with one attached hydrogen (secondary N) is 2. The van der Waals surface area contributed by atoms with E-state index in [4.69, 9.17) is 0 Å². The normalized spacial score (nSPS) is 20.1. The van der Waals surface area contributed by atoms with Crippen LogP contribution in [0.4, 0.5) is 0 Å². The van der Waals surface area contributed by atoms with E-state index < -0.39 is 0 Å². The summed E-state index contributed by atoms with van der Waals surface area (Å²) < 4.78 is 0. The number of carbonyl (C=O) groups is 1. The van der Waals surface area contributed by atoms with Gasteiger partial charge in [-0.15, -0.1) is 0 Å². The van der Waals surface area contributed by atoms with E-state index in [-0.39, 0.29) is 11.8 Å². The van der Waals surface area contributed by atoms with Crippen molar-refractivity contribution >= 4 is 5.91 Å². The van der Waals surface area contributed by atoms with Crippen molar-refractivity contribution in [2.24, 2.45) is 5.92 Å². The van der Waals surface area contributed by atoms with Crippen molar-refractivity contribution in [3.8, 4) is 0 Å². The lowest BCUT2D eigenvalue weighted by Gasteiger charge is -2.16. The van der Waals surface area contributed by atoms with E-state index in [1.165, 1.54) is 0 Å². The molecule has 80 valence electrons. The molecule has 1 aliphatic carbocycles. The molecule has 1 atom stereocenters. The lowest BCUT2D eigenvalue weighted by Crippen LogP contribution is -2.30. The second kappa shape index (κ2) is 4.72. The lowest BCUT2D eigenvalue weighted by atomic mass is 9.94. The molecule has 1 aliphatic rings. The molecule has 0 bridgehead atoms. The van der Waals surface area contributed by atoms with Gasteiger partial charge in [0.05, 0.1) is 12.7 Å². The van der Waals surface area contributed by atoms with Crippen molar-refractivity contribution in [3.63, 3.8) is 0 Å². The van der Waals surface area contributed by atoms with Gasteiger partial charge >= 0.3 is 0 Å². The zero-order valence-corrected chi connectivity index (χ0v) is 8.44. The number of aromatic amines is 1. The molecule has 2 rings (SSSR count). The SMILES string of the molecule is O=C(NCc1cn[nH]n1)[C@H]1CC=CCC1. The summed E-state index contributed by atoms with van der Waals surface area (Å²) in [5.74, 6) is 0.240. The molecule has 0 unspecified atom stereocenters. The van der Waals surface area contributed by atoms with Gasteiger partial charge in [0.25, 0.3) is 0 Å². The maximum atomic E-state index is 11.7. The number of amides is 1. The van der Waals surface area contributed by atoms with Crippen molar-refractivity contribution in [3.05, 3.63) is 24.0 Å². The molecule has 1 amide bonds. The second-order valence-electron chi connectivity index (χ2n) is 3.66. The Morgan fingerprint density at radius 3 is 3.20 bits per heavy atom. The largest absolute Gasteiger partial charge is 0.350 e. The Morgan fingerprint density at radius 1 is 1.60 bits per heavy atom. The molecule has 1 heterocycles. The molecule has 2 N–H and O–H groups in total.